The van der Waals surface area contributed by atoms with E-state index >= 15 is 0 Å². The summed E-state index contributed by atoms with van der Waals surface area (Å²) in [6.07, 6.45) is 7.41. The number of aliphatic hydroxyl groups excluding tert-OH is 1. The molecule has 1 N–H and O–H groups in total. The molecule has 1 aromatic carbocycles. The zero-order valence-electron chi connectivity index (χ0n) is 9.28. The molecule has 82 valence electrons. The molecule has 0 heterocycles. The molecule has 1 fully saturated rings. The lowest BCUT2D eigenvalue weighted by Crippen LogP contribution is -2.30. The number of hydrogen-bond acceptors (Lipinski definition) is 1. The van der Waals surface area contributed by atoms with Crippen molar-refractivity contribution in [3.05, 3.63) is 35.9 Å². The van der Waals surface area contributed by atoms with Gasteiger partial charge in [-0.05, 0) is 30.2 Å². The van der Waals surface area contributed by atoms with Gasteiger partial charge in [0.25, 0.3) is 0 Å². The zero-order chi connectivity index (χ0) is 10.6. The third-order valence-electron chi connectivity index (χ3n) is 3.79. The lowest BCUT2D eigenvalue weighted by molar-refractivity contribution is 0.197. The van der Waals surface area contributed by atoms with E-state index in [1.165, 1.54) is 37.7 Å². The standard InChI is InChI=1S/C14H20O/c15-12-11-14(9-5-2-6-10-14)13-7-3-1-4-8-13/h1,3-4,7-8,15H,2,5-6,9-12H2. The second-order valence-corrected chi connectivity index (χ2v) is 4.68. The van der Waals surface area contributed by atoms with E-state index in [4.69, 9.17) is 0 Å². The van der Waals surface area contributed by atoms with Crippen LogP contribution in [-0.4, -0.2) is 11.7 Å². The van der Waals surface area contributed by atoms with E-state index in [0.29, 0.717) is 6.61 Å². The van der Waals surface area contributed by atoms with Gasteiger partial charge in [0.05, 0.1) is 0 Å². The van der Waals surface area contributed by atoms with E-state index in [2.05, 4.69) is 30.3 Å². The lowest BCUT2D eigenvalue weighted by atomic mass is 9.67. The second-order valence-electron chi connectivity index (χ2n) is 4.68. The molecule has 1 aliphatic rings. The minimum Gasteiger partial charge on any atom is -0.396 e. The van der Waals surface area contributed by atoms with E-state index in [-0.39, 0.29) is 5.41 Å². The second kappa shape index (κ2) is 4.80. The molecule has 1 heteroatoms. The quantitative estimate of drug-likeness (QED) is 0.801. The van der Waals surface area contributed by atoms with Crippen molar-refractivity contribution in [3.63, 3.8) is 0 Å². The third-order valence-corrected chi connectivity index (χ3v) is 3.79. The van der Waals surface area contributed by atoms with E-state index in [1.807, 2.05) is 0 Å². The van der Waals surface area contributed by atoms with Crippen LogP contribution in [0.2, 0.25) is 0 Å². The first-order valence-corrected chi connectivity index (χ1v) is 6.04. The largest absolute Gasteiger partial charge is 0.396 e. The van der Waals surface area contributed by atoms with Crippen LogP contribution in [0.25, 0.3) is 0 Å². The molecular weight excluding hydrogens is 184 g/mol. The summed E-state index contributed by atoms with van der Waals surface area (Å²) in [5.74, 6) is 0. The zero-order valence-corrected chi connectivity index (χ0v) is 9.28. The van der Waals surface area contributed by atoms with Gasteiger partial charge in [-0.2, -0.15) is 0 Å². The van der Waals surface area contributed by atoms with Gasteiger partial charge in [-0.15, -0.1) is 0 Å². The lowest BCUT2D eigenvalue weighted by Gasteiger charge is -2.37. The molecule has 0 amide bonds. The Morgan fingerprint density at radius 2 is 1.67 bits per heavy atom. The molecule has 0 atom stereocenters. The van der Waals surface area contributed by atoms with Gasteiger partial charge in [0.1, 0.15) is 0 Å². The Morgan fingerprint density at radius 1 is 1.00 bits per heavy atom. The molecule has 0 aromatic heterocycles. The highest BCUT2D eigenvalue weighted by atomic mass is 16.3. The van der Waals surface area contributed by atoms with Crippen LogP contribution < -0.4 is 0 Å². The van der Waals surface area contributed by atoms with E-state index < -0.39 is 0 Å². The minimum atomic E-state index is 0.272. The normalized spacial score (nSPS) is 20.1. The first-order valence-electron chi connectivity index (χ1n) is 6.04. The van der Waals surface area contributed by atoms with Crippen LogP contribution in [-0.2, 0) is 5.41 Å². The summed E-state index contributed by atoms with van der Waals surface area (Å²) in [7, 11) is 0. The van der Waals surface area contributed by atoms with Crippen LogP contribution in [0.4, 0.5) is 0 Å². The van der Waals surface area contributed by atoms with Gasteiger partial charge in [0, 0.05) is 6.61 Å². The topological polar surface area (TPSA) is 20.2 Å². The Kier molecular flexibility index (Phi) is 3.42. The fourth-order valence-corrected chi connectivity index (χ4v) is 2.92. The molecule has 0 unspecified atom stereocenters. The molecule has 2 rings (SSSR count). The predicted octanol–water partition coefficient (Wildman–Crippen LogP) is 3.27. The molecule has 1 aromatic rings. The molecule has 1 aliphatic carbocycles. The Labute approximate surface area is 92.1 Å². The maximum absolute atomic E-state index is 9.25. The van der Waals surface area contributed by atoms with Gasteiger partial charge in [-0.3, -0.25) is 0 Å². The Bertz CT molecular complexity index is 280. The van der Waals surface area contributed by atoms with Crippen molar-refractivity contribution in [3.8, 4) is 0 Å². The van der Waals surface area contributed by atoms with Crippen molar-refractivity contribution >= 4 is 0 Å². The van der Waals surface area contributed by atoms with Crippen molar-refractivity contribution in [2.45, 2.75) is 43.9 Å². The maximum Gasteiger partial charge on any atom is 0.0439 e. The van der Waals surface area contributed by atoms with Crippen LogP contribution in [0.3, 0.4) is 0 Å². The first-order chi connectivity index (χ1) is 7.37. The molecule has 0 bridgehead atoms. The molecule has 15 heavy (non-hydrogen) atoms. The minimum absolute atomic E-state index is 0.272. The Balaban J connectivity index is 2.25. The van der Waals surface area contributed by atoms with Crippen LogP contribution in [0.5, 0.6) is 0 Å². The number of benzene rings is 1. The highest BCUT2D eigenvalue weighted by Gasteiger charge is 2.32. The van der Waals surface area contributed by atoms with Gasteiger partial charge in [0.2, 0.25) is 0 Å². The van der Waals surface area contributed by atoms with Crippen molar-refractivity contribution < 1.29 is 5.11 Å². The van der Waals surface area contributed by atoms with E-state index in [1.54, 1.807) is 0 Å². The number of rotatable bonds is 3. The van der Waals surface area contributed by atoms with Crippen molar-refractivity contribution in [1.29, 1.82) is 0 Å². The van der Waals surface area contributed by atoms with Crippen LogP contribution >= 0.6 is 0 Å². The van der Waals surface area contributed by atoms with Crippen molar-refractivity contribution in [2.24, 2.45) is 0 Å². The summed E-state index contributed by atoms with van der Waals surface area (Å²) in [4.78, 5) is 0. The fourth-order valence-electron chi connectivity index (χ4n) is 2.92. The van der Waals surface area contributed by atoms with Crippen molar-refractivity contribution in [2.75, 3.05) is 6.61 Å². The monoisotopic (exact) mass is 204 g/mol. The maximum atomic E-state index is 9.25. The van der Waals surface area contributed by atoms with Crippen LogP contribution in [0, 0.1) is 0 Å². The van der Waals surface area contributed by atoms with Gasteiger partial charge >= 0.3 is 0 Å². The van der Waals surface area contributed by atoms with Gasteiger partial charge in [-0.1, -0.05) is 49.6 Å². The summed E-state index contributed by atoms with van der Waals surface area (Å²) >= 11 is 0. The molecule has 1 nitrogen and oxygen atoms in total. The SMILES string of the molecule is OCCC1(c2ccccc2)CCCCC1. The summed E-state index contributed by atoms with van der Waals surface area (Å²) in [6, 6.07) is 10.7. The summed E-state index contributed by atoms with van der Waals surface area (Å²) < 4.78 is 0. The van der Waals surface area contributed by atoms with Gasteiger partial charge in [-0.25, -0.2) is 0 Å². The molecule has 1 saturated carbocycles. The summed E-state index contributed by atoms with van der Waals surface area (Å²) in [5, 5.41) is 9.25. The smallest absolute Gasteiger partial charge is 0.0439 e. The van der Waals surface area contributed by atoms with Gasteiger partial charge < -0.3 is 5.11 Å². The van der Waals surface area contributed by atoms with Crippen LogP contribution in [0.15, 0.2) is 30.3 Å². The van der Waals surface area contributed by atoms with Crippen molar-refractivity contribution in [1.82, 2.24) is 0 Å². The average molecular weight is 204 g/mol. The summed E-state index contributed by atoms with van der Waals surface area (Å²) in [5.41, 5.74) is 1.70. The first kappa shape index (κ1) is 10.7. The predicted molar refractivity (Wildman–Crippen MR) is 62.9 cm³/mol. The number of hydrogen-bond donors (Lipinski definition) is 1. The molecular formula is C14H20O. The number of aliphatic hydroxyl groups is 1. The van der Waals surface area contributed by atoms with E-state index in [9.17, 15) is 5.11 Å². The van der Waals surface area contributed by atoms with Crippen LogP contribution in [0.1, 0.15) is 44.1 Å². The third kappa shape index (κ3) is 2.23. The molecule has 0 spiro atoms. The Morgan fingerprint density at radius 3 is 2.27 bits per heavy atom. The Hall–Kier alpha value is -0.820. The highest BCUT2D eigenvalue weighted by Crippen LogP contribution is 2.41. The van der Waals surface area contributed by atoms with Gasteiger partial charge in [0.15, 0.2) is 0 Å². The molecule has 0 radical (unpaired) electrons. The molecule has 0 saturated heterocycles. The van der Waals surface area contributed by atoms with E-state index in [0.717, 1.165) is 6.42 Å². The fraction of sp³-hybridized carbons (Fsp3) is 0.571. The average Bonchev–Trinajstić information content (AvgIpc) is 2.32. The summed E-state index contributed by atoms with van der Waals surface area (Å²) in [6.45, 7) is 0.314. The molecule has 0 aliphatic heterocycles. The highest BCUT2D eigenvalue weighted by molar-refractivity contribution is 5.25.